The molecule has 34 heavy (non-hydrogen) atoms. The summed E-state index contributed by atoms with van der Waals surface area (Å²) in [5, 5.41) is 20.5. The molecule has 1 heterocycles. The molecule has 178 valence electrons. The lowest BCUT2D eigenvalue weighted by Gasteiger charge is -2.22. The Morgan fingerprint density at radius 1 is 1.09 bits per heavy atom. The number of ether oxygens (including phenoxy) is 2. The third kappa shape index (κ3) is 4.01. The Morgan fingerprint density at radius 3 is 2.29 bits per heavy atom. The molecule has 2 N–H and O–H groups in total. The van der Waals surface area contributed by atoms with Gasteiger partial charge < -0.3 is 19.7 Å². The van der Waals surface area contributed by atoms with E-state index in [-0.39, 0.29) is 39.3 Å². The first kappa shape index (κ1) is 23.4. The second-order valence-corrected chi connectivity index (χ2v) is 7.93. The van der Waals surface area contributed by atoms with Crippen LogP contribution in [0.15, 0.2) is 42.5 Å². The number of carboxylic acid groups (broad SMARTS) is 1. The number of aliphatic carboxylic acids is 1. The van der Waals surface area contributed by atoms with E-state index in [1.165, 1.54) is 18.2 Å². The average molecular weight is 475 g/mol. The van der Waals surface area contributed by atoms with Gasteiger partial charge in [-0.05, 0) is 31.5 Å². The van der Waals surface area contributed by atoms with Crippen molar-refractivity contribution in [1.29, 1.82) is 0 Å². The van der Waals surface area contributed by atoms with Gasteiger partial charge in [0.25, 0.3) is 5.91 Å². The Bertz CT molecular complexity index is 1290. The molecule has 7 nitrogen and oxygen atoms in total. The number of alkyl halides is 2. The predicted octanol–water partition coefficient (Wildman–Crippen LogP) is 4.65. The van der Waals surface area contributed by atoms with E-state index >= 15 is 0 Å². The molecule has 3 aromatic carbocycles. The highest BCUT2D eigenvalue weighted by Crippen LogP contribution is 2.50. The number of hydrogen-bond acceptors (Lipinski definition) is 5. The number of nitrogens with zero attached hydrogens (tertiary/aromatic N) is 1. The van der Waals surface area contributed by atoms with Gasteiger partial charge in [-0.1, -0.05) is 30.3 Å². The van der Waals surface area contributed by atoms with Crippen molar-refractivity contribution in [3.05, 3.63) is 65.0 Å². The fourth-order valence-corrected chi connectivity index (χ4v) is 4.04. The Kier molecular flexibility index (Phi) is 6.09. The molecule has 0 fully saturated rings. The van der Waals surface area contributed by atoms with Crippen LogP contribution in [0.25, 0.3) is 10.8 Å². The molecule has 4 rings (SSSR count). The van der Waals surface area contributed by atoms with E-state index in [0.717, 1.165) is 11.0 Å². The van der Waals surface area contributed by atoms with Crippen LogP contribution in [0.4, 0.5) is 18.9 Å². The van der Waals surface area contributed by atoms with Crippen LogP contribution >= 0.6 is 0 Å². The summed E-state index contributed by atoms with van der Waals surface area (Å²) in [6, 6.07) is 9.66. The van der Waals surface area contributed by atoms with Gasteiger partial charge in [0.2, 0.25) is 0 Å². The van der Waals surface area contributed by atoms with Crippen molar-refractivity contribution in [3.63, 3.8) is 0 Å². The number of carbonyl (C=O) groups is 2. The van der Waals surface area contributed by atoms with E-state index in [9.17, 15) is 27.9 Å². The average Bonchev–Trinajstić information content (AvgIpc) is 3.01. The normalized spacial score (nSPS) is 15.4. The van der Waals surface area contributed by atoms with Gasteiger partial charge in [0.05, 0.1) is 23.7 Å². The van der Waals surface area contributed by atoms with E-state index in [2.05, 4.69) is 0 Å². The van der Waals surface area contributed by atoms with Crippen LogP contribution in [0.2, 0.25) is 0 Å². The SMILES string of the molecule is CC(C)Oc1c2c(c(OC(F)F)c3ccccc13)C(O)N(c1ccc(CC(=O)O)c(F)c1)C2=O. The molecule has 3 aromatic rings. The van der Waals surface area contributed by atoms with Crippen LogP contribution in [0, 0.1) is 5.82 Å². The van der Waals surface area contributed by atoms with Crippen molar-refractivity contribution < 1.29 is 42.4 Å². The number of carboxylic acids is 1. The van der Waals surface area contributed by atoms with Gasteiger partial charge in [-0.25, -0.2) is 4.39 Å². The van der Waals surface area contributed by atoms with Gasteiger partial charge >= 0.3 is 12.6 Å². The van der Waals surface area contributed by atoms with Crippen molar-refractivity contribution in [3.8, 4) is 11.5 Å². The lowest BCUT2D eigenvalue weighted by Crippen LogP contribution is -2.28. The van der Waals surface area contributed by atoms with E-state index in [0.29, 0.717) is 5.39 Å². The van der Waals surface area contributed by atoms with E-state index in [1.807, 2.05) is 0 Å². The van der Waals surface area contributed by atoms with Crippen molar-refractivity contribution >= 4 is 28.3 Å². The zero-order chi connectivity index (χ0) is 24.7. The summed E-state index contributed by atoms with van der Waals surface area (Å²) in [5.74, 6) is -3.26. The van der Waals surface area contributed by atoms with Gasteiger partial charge in [-0.3, -0.25) is 14.5 Å². The highest BCUT2D eigenvalue weighted by atomic mass is 19.3. The summed E-state index contributed by atoms with van der Waals surface area (Å²) < 4.78 is 51.9. The van der Waals surface area contributed by atoms with Crippen molar-refractivity contribution in [1.82, 2.24) is 0 Å². The lowest BCUT2D eigenvalue weighted by molar-refractivity contribution is -0.136. The molecular weight excluding hydrogens is 455 g/mol. The number of aliphatic hydroxyl groups is 1. The monoisotopic (exact) mass is 475 g/mol. The quantitative estimate of drug-likeness (QED) is 0.517. The van der Waals surface area contributed by atoms with Crippen LogP contribution in [0.3, 0.4) is 0 Å². The van der Waals surface area contributed by atoms with E-state index in [1.54, 1.807) is 32.0 Å². The topological polar surface area (TPSA) is 96.3 Å². The number of halogens is 3. The molecule has 0 aromatic heterocycles. The highest BCUT2D eigenvalue weighted by Gasteiger charge is 2.44. The molecule has 1 aliphatic rings. The summed E-state index contributed by atoms with van der Waals surface area (Å²) in [7, 11) is 0. The number of rotatable bonds is 7. The van der Waals surface area contributed by atoms with Crippen molar-refractivity contribution in [2.24, 2.45) is 0 Å². The molecule has 0 spiro atoms. The number of benzene rings is 3. The van der Waals surface area contributed by atoms with Crippen LogP contribution in [-0.2, 0) is 11.2 Å². The second-order valence-electron chi connectivity index (χ2n) is 7.93. The van der Waals surface area contributed by atoms with Gasteiger partial charge in [-0.2, -0.15) is 8.78 Å². The minimum atomic E-state index is -3.24. The predicted molar refractivity (Wildman–Crippen MR) is 116 cm³/mol. The maximum atomic E-state index is 14.5. The number of fused-ring (bicyclic) bond motifs is 2. The Hall–Kier alpha value is -3.79. The first-order valence-corrected chi connectivity index (χ1v) is 10.3. The number of anilines is 1. The molecule has 0 saturated carbocycles. The van der Waals surface area contributed by atoms with E-state index in [4.69, 9.17) is 14.6 Å². The summed E-state index contributed by atoms with van der Waals surface area (Å²) in [5.41, 5.74) is -0.616. The van der Waals surface area contributed by atoms with Crippen molar-refractivity contribution in [2.75, 3.05) is 4.90 Å². The minimum Gasteiger partial charge on any atom is -0.490 e. The number of hydrogen-bond donors (Lipinski definition) is 2. The summed E-state index contributed by atoms with van der Waals surface area (Å²) >= 11 is 0. The molecular formula is C24H20F3NO6. The number of amides is 1. The zero-order valence-corrected chi connectivity index (χ0v) is 18.1. The van der Waals surface area contributed by atoms with Gasteiger partial charge in [-0.15, -0.1) is 0 Å². The van der Waals surface area contributed by atoms with Crippen LogP contribution in [0.5, 0.6) is 11.5 Å². The smallest absolute Gasteiger partial charge is 0.387 e. The largest absolute Gasteiger partial charge is 0.490 e. The molecule has 0 radical (unpaired) electrons. The summed E-state index contributed by atoms with van der Waals surface area (Å²) in [4.78, 5) is 25.2. The van der Waals surface area contributed by atoms with Gasteiger partial charge in [0.1, 0.15) is 17.3 Å². The first-order valence-electron chi connectivity index (χ1n) is 10.3. The molecule has 1 aliphatic heterocycles. The van der Waals surface area contributed by atoms with Crippen LogP contribution < -0.4 is 14.4 Å². The van der Waals surface area contributed by atoms with E-state index < -0.39 is 43.1 Å². The fraction of sp³-hybridized carbons (Fsp3) is 0.250. The summed E-state index contributed by atoms with van der Waals surface area (Å²) in [6.45, 7) is 0.192. The standard InChI is InChI=1S/C24H20F3NO6/c1-11(2)33-20-14-5-3-4-6-15(14)21(34-24(26)27)19-18(20)22(31)28(23(19)32)13-8-7-12(9-17(29)30)16(25)10-13/h3-8,10-11,23-24,32H,9H2,1-2H3,(H,29,30). The minimum absolute atomic E-state index is 0.0803. The third-order valence-corrected chi connectivity index (χ3v) is 5.31. The molecule has 0 saturated heterocycles. The Morgan fingerprint density at radius 2 is 1.74 bits per heavy atom. The van der Waals surface area contributed by atoms with Crippen LogP contribution in [-0.4, -0.2) is 34.8 Å². The lowest BCUT2D eigenvalue weighted by atomic mass is 9.98. The molecule has 1 unspecified atom stereocenters. The third-order valence-electron chi connectivity index (χ3n) is 5.31. The van der Waals surface area contributed by atoms with Gasteiger partial charge in [0, 0.05) is 16.5 Å². The van der Waals surface area contributed by atoms with Crippen LogP contribution in [0.1, 0.15) is 41.6 Å². The maximum absolute atomic E-state index is 14.5. The summed E-state index contributed by atoms with van der Waals surface area (Å²) in [6.07, 6.45) is -2.77. The zero-order valence-electron chi connectivity index (χ0n) is 18.1. The Labute approximate surface area is 191 Å². The molecule has 10 heteroatoms. The number of carbonyl (C=O) groups excluding carboxylic acids is 1. The van der Waals surface area contributed by atoms with Crippen molar-refractivity contribution in [2.45, 2.75) is 39.2 Å². The maximum Gasteiger partial charge on any atom is 0.387 e. The van der Waals surface area contributed by atoms with Gasteiger partial charge in [0.15, 0.2) is 6.23 Å². The highest BCUT2D eigenvalue weighted by molar-refractivity contribution is 6.17. The molecule has 0 bridgehead atoms. The first-order chi connectivity index (χ1) is 16.1. The number of aliphatic hydroxyl groups excluding tert-OH is 1. The molecule has 1 atom stereocenters. The second kappa shape index (κ2) is 8.86. The fourth-order valence-electron chi connectivity index (χ4n) is 4.04. The Balaban J connectivity index is 1.94. The molecule has 1 amide bonds. The molecule has 0 aliphatic carbocycles.